The predicted octanol–water partition coefficient (Wildman–Crippen LogP) is 2.43. The van der Waals surface area contributed by atoms with E-state index in [0.717, 1.165) is 6.04 Å². The average Bonchev–Trinajstić information content (AvgIpc) is 2.76. The largest absolute Gasteiger partial charge is 0.378 e. The molecule has 0 saturated carbocycles. The Labute approximate surface area is 116 Å². The quantitative estimate of drug-likeness (QED) is 0.807. The lowest BCUT2D eigenvalue weighted by Crippen LogP contribution is -2.36. The maximum atomic E-state index is 2.69. The lowest BCUT2D eigenvalue weighted by atomic mass is 10.2. The van der Waals surface area contributed by atoms with Crippen LogP contribution in [-0.4, -0.2) is 51.2 Å². The molecular formula is C16H25N3. The van der Waals surface area contributed by atoms with E-state index < -0.39 is 0 Å². The van der Waals surface area contributed by atoms with Crippen LogP contribution in [0.4, 0.5) is 11.4 Å². The lowest BCUT2D eigenvalue weighted by Gasteiger charge is -2.28. The van der Waals surface area contributed by atoms with Gasteiger partial charge < -0.3 is 9.80 Å². The number of anilines is 2. The number of benzene rings is 1. The van der Waals surface area contributed by atoms with Gasteiger partial charge in [-0.15, -0.1) is 0 Å². The molecule has 0 spiro atoms. The molecule has 3 heteroatoms. The average molecular weight is 259 g/mol. The molecule has 2 aliphatic rings. The highest BCUT2D eigenvalue weighted by Crippen LogP contribution is 2.27. The molecule has 0 aromatic heterocycles. The van der Waals surface area contributed by atoms with Crippen LogP contribution in [0, 0.1) is 0 Å². The fourth-order valence-corrected chi connectivity index (χ4v) is 3.41. The first-order valence-corrected chi connectivity index (χ1v) is 7.50. The van der Waals surface area contributed by atoms with Crippen LogP contribution < -0.4 is 9.80 Å². The Hall–Kier alpha value is -1.22. The van der Waals surface area contributed by atoms with Crippen LogP contribution in [0.5, 0.6) is 0 Å². The van der Waals surface area contributed by atoms with Gasteiger partial charge in [-0.2, -0.15) is 0 Å². The Kier molecular flexibility index (Phi) is 3.65. The fourth-order valence-electron chi connectivity index (χ4n) is 3.41. The number of fused-ring (bicyclic) bond motifs is 1. The summed E-state index contributed by atoms with van der Waals surface area (Å²) in [6.45, 7) is 5.01. The maximum absolute atomic E-state index is 2.69. The summed E-state index contributed by atoms with van der Waals surface area (Å²) in [5.41, 5.74) is 2.69. The molecule has 3 nitrogen and oxygen atoms in total. The molecular weight excluding hydrogens is 234 g/mol. The van der Waals surface area contributed by atoms with Gasteiger partial charge in [0.2, 0.25) is 0 Å². The summed E-state index contributed by atoms with van der Waals surface area (Å²) in [5.74, 6) is 0. The molecule has 0 aliphatic carbocycles. The van der Waals surface area contributed by atoms with E-state index in [0.29, 0.717) is 0 Å². The molecule has 2 fully saturated rings. The van der Waals surface area contributed by atoms with Gasteiger partial charge in [0.1, 0.15) is 0 Å². The van der Waals surface area contributed by atoms with Crippen molar-refractivity contribution in [2.45, 2.75) is 25.3 Å². The van der Waals surface area contributed by atoms with E-state index in [1.807, 2.05) is 0 Å². The number of hydrogen-bond acceptors (Lipinski definition) is 3. The van der Waals surface area contributed by atoms with Crippen molar-refractivity contribution in [1.82, 2.24) is 4.90 Å². The highest BCUT2D eigenvalue weighted by molar-refractivity contribution is 5.59. The Balaban J connectivity index is 1.79. The topological polar surface area (TPSA) is 9.72 Å². The van der Waals surface area contributed by atoms with E-state index in [1.54, 1.807) is 0 Å². The lowest BCUT2D eigenvalue weighted by molar-refractivity contribution is 0.273. The van der Waals surface area contributed by atoms with Crippen LogP contribution in [0.3, 0.4) is 0 Å². The molecule has 1 unspecified atom stereocenters. The summed E-state index contributed by atoms with van der Waals surface area (Å²) >= 11 is 0. The number of nitrogens with zero attached hydrogens (tertiary/aromatic N) is 3. The van der Waals surface area contributed by atoms with Crippen molar-refractivity contribution in [3.05, 3.63) is 24.3 Å². The maximum Gasteiger partial charge on any atom is 0.0387 e. The van der Waals surface area contributed by atoms with Crippen molar-refractivity contribution in [2.24, 2.45) is 0 Å². The second kappa shape index (κ2) is 5.41. The van der Waals surface area contributed by atoms with Gasteiger partial charge in [-0.25, -0.2) is 0 Å². The van der Waals surface area contributed by atoms with Crippen molar-refractivity contribution in [3.63, 3.8) is 0 Å². The minimum Gasteiger partial charge on any atom is -0.378 e. The molecule has 2 heterocycles. The summed E-state index contributed by atoms with van der Waals surface area (Å²) < 4.78 is 0. The van der Waals surface area contributed by atoms with E-state index in [1.165, 1.54) is 56.8 Å². The molecule has 104 valence electrons. The van der Waals surface area contributed by atoms with Gasteiger partial charge >= 0.3 is 0 Å². The van der Waals surface area contributed by atoms with E-state index in [2.05, 4.69) is 53.1 Å². The predicted molar refractivity (Wildman–Crippen MR) is 82.2 cm³/mol. The molecule has 1 aromatic carbocycles. The van der Waals surface area contributed by atoms with Crippen molar-refractivity contribution >= 4 is 11.4 Å². The smallest absolute Gasteiger partial charge is 0.0387 e. The van der Waals surface area contributed by atoms with Crippen LogP contribution in [0.15, 0.2) is 24.3 Å². The molecule has 1 aromatic rings. The summed E-state index contributed by atoms with van der Waals surface area (Å²) in [4.78, 5) is 7.46. The SMILES string of the molecule is CN(C)c1cccc(N2CCCN3CCCC3C2)c1. The molecule has 0 bridgehead atoms. The van der Waals surface area contributed by atoms with Crippen LogP contribution in [0.2, 0.25) is 0 Å². The zero-order valence-electron chi connectivity index (χ0n) is 12.2. The summed E-state index contributed by atoms with van der Waals surface area (Å²) in [7, 11) is 4.22. The second-order valence-corrected chi connectivity index (χ2v) is 6.05. The van der Waals surface area contributed by atoms with Crippen molar-refractivity contribution in [3.8, 4) is 0 Å². The first-order valence-electron chi connectivity index (χ1n) is 7.50. The van der Waals surface area contributed by atoms with Gasteiger partial charge in [0.05, 0.1) is 0 Å². The van der Waals surface area contributed by atoms with Crippen LogP contribution >= 0.6 is 0 Å². The standard InChI is InChI=1S/C16H25N3/c1-17(2)14-6-3-7-15(12-14)19-11-5-10-18-9-4-8-16(18)13-19/h3,6-7,12,16H,4-5,8-11,13H2,1-2H3. The highest BCUT2D eigenvalue weighted by atomic mass is 15.3. The first kappa shape index (κ1) is 12.8. The fraction of sp³-hybridized carbons (Fsp3) is 0.625. The Bertz CT molecular complexity index is 430. The Morgan fingerprint density at radius 3 is 2.79 bits per heavy atom. The molecule has 2 saturated heterocycles. The third kappa shape index (κ3) is 2.71. The van der Waals surface area contributed by atoms with Gasteiger partial charge in [-0.1, -0.05) is 6.07 Å². The van der Waals surface area contributed by atoms with Gasteiger partial charge in [-0.05, 0) is 44.0 Å². The summed E-state index contributed by atoms with van der Waals surface area (Å²) in [6.07, 6.45) is 4.06. The molecule has 3 rings (SSSR count). The third-order valence-corrected chi connectivity index (χ3v) is 4.51. The van der Waals surface area contributed by atoms with Gasteiger partial charge in [-0.3, -0.25) is 4.90 Å². The Morgan fingerprint density at radius 1 is 1.11 bits per heavy atom. The molecule has 0 N–H and O–H groups in total. The van der Waals surface area contributed by atoms with Gasteiger partial charge in [0.25, 0.3) is 0 Å². The number of hydrogen-bond donors (Lipinski definition) is 0. The van der Waals surface area contributed by atoms with E-state index in [9.17, 15) is 0 Å². The normalized spacial score (nSPS) is 24.1. The first-order chi connectivity index (χ1) is 9.24. The van der Waals surface area contributed by atoms with Crippen molar-refractivity contribution in [2.75, 3.05) is 50.1 Å². The van der Waals surface area contributed by atoms with Crippen molar-refractivity contribution < 1.29 is 0 Å². The van der Waals surface area contributed by atoms with Gasteiger partial charge in [0.15, 0.2) is 0 Å². The molecule has 0 radical (unpaired) electrons. The second-order valence-electron chi connectivity index (χ2n) is 6.05. The monoisotopic (exact) mass is 259 g/mol. The van der Waals surface area contributed by atoms with Crippen molar-refractivity contribution in [1.29, 1.82) is 0 Å². The highest BCUT2D eigenvalue weighted by Gasteiger charge is 2.28. The van der Waals surface area contributed by atoms with Crippen LogP contribution in [0.1, 0.15) is 19.3 Å². The molecule has 2 aliphatic heterocycles. The zero-order chi connectivity index (χ0) is 13.2. The number of rotatable bonds is 2. The minimum absolute atomic E-state index is 0.783. The van der Waals surface area contributed by atoms with Gasteiger partial charge in [0, 0.05) is 51.1 Å². The third-order valence-electron chi connectivity index (χ3n) is 4.51. The Morgan fingerprint density at radius 2 is 1.95 bits per heavy atom. The molecule has 1 atom stereocenters. The minimum atomic E-state index is 0.783. The van der Waals surface area contributed by atoms with Crippen LogP contribution in [-0.2, 0) is 0 Å². The molecule has 0 amide bonds. The van der Waals surface area contributed by atoms with E-state index in [-0.39, 0.29) is 0 Å². The zero-order valence-corrected chi connectivity index (χ0v) is 12.2. The van der Waals surface area contributed by atoms with Crippen LogP contribution in [0.25, 0.3) is 0 Å². The molecule has 19 heavy (non-hydrogen) atoms. The summed E-state index contributed by atoms with van der Waals surface area (Å²) in [5, 5.41) is 0. The van der Waals surface area contributed by atoms with E-state index in [4.69, 9.17) is 0 Å². The summed E-state index contributed by atoms with van der Waals surface area (Å²) in [6, 6.07) is 9.73. The van der Waals surface area contributed by atoms with E-state index >= 15 is 0 Å².